The van der Waals surface area contributed by atoms with E-state index in [1.54, 1.807) is 17.4 Å². The summed E-state index contributed by atoms with van der Waals surface area (Å²) in [5.41, 5.74) is 0.799. The number of nitrogens with zero attached hydrogens (tertiary/aromatic N) is 3. The van der Waals surface area contributed by atoms with E-state index < -0.39 is 10.0 Å². The van der Waals surface area contributed by atoms with Crippen molar-refractivity contribution in [1.29, 1.82) is 0 Å². The molecule has 0 spiro atoms. The van der Waals surface area contributed by atoms with Gasteiger partial charge in [-0.2, -0.15) is 16.1 Å². The van der Waals surface area contributed by atoms with Crippen molar-refractivity contribution in [3.63, 3.8) is 0 Å². The minimum atomic E-state index is -3.45. The molecule has 0 radical (unpaired) electrons. The number of hydrogen-bond acceptors (Lipinski definition) is 4. The third-order valence-corrected chi connectivity index (χ3v) is 8.82. The van der Waals surface area contributed by atoms with E-state index in [4.69, 9.17) is 0 Å². The molecule has 0 aromatic heterocycles. The van der Waals surface area contributed by atoms with Crippen LogP contribution in [0.2, 0.25) is 0 Å². The van der Waals surface area contributed by atoms with Crippen molar-refractivity contribution in [2.75, 3.05) is 39.0 Å². The fraction of sp³-hybridized carbons (Fsp3) is 0.650. The van der Waals surface area contributed by atoms with Gasteiger partial charge in [0.2, 0.25) is 10.0 Å². The third kappa shape index (κ3) is 5.02. The van der Waals surface area contributed by atoms with Crippen LogP contribution in [0.3, 0.4) is 0 Å². The molecule has 0 aliphatic carbocycles. The van der Waals surface area contributed by atoms with Gasteiger partial charge >= 0.3 is 0 Å². The highest BCUT2D eigenvalue weighted by molar-refractivity contribution is 8.00. The Balaban J connectivity index is 1.72. The lowest BCUT2D eigenvalue weighted by molar-refractivity contribution is 0.346. The molecule has 1 atom stereocenters. The molecule has 1 aromatic carbocycles. The van der Waals surface area contributed by atoms with Crippen LogP contribution < -0.4 is 5.32 Å². The van der Waals surface area contributed by atoms with Crippen LogP contribution in [0.5, 0.6) is 0 Å². The molecule has 6 nitrogen and oxygen atoms in total. The van der Waals surface area contributed by atoms with Crippen LogP contribution in [0.1, 0.15) is 38.2 Å². The molecule has 28 heavy (non-hydrogen) atoms. The molecule has 2 heterocycles. The number of aliphatic imine (C=N–C) groups is 1. The van der Waals surface area contributed by atoms with Gasteiger partial charge in [0, 0.05) is 50.8 Å². The second-order valence-corrected chi connectivity index (χ2v) is 10.6. The Bertz CT molecular complexity index is 776. The fourth-order valence-corrected chi connectivity index (χ4v) is 6.73. The molecule has 1 aromatic rings. The largest absolute Gasteiger partial charge is 0.352 e. The van der Waals surface area contributed by atoms with Crippen LogP contribution in [-0.4, -0.2) is 67.8 Å². The van der Waals surface area contributed by atoms with Crippen molar-refractivity contribution in [2.45, 2.75) is 49.3 Å². The number of sulfonamides is 1. The highest BCUT2D eigenvalue weighted by atomic mass is 32.2. The number of nitrogens with one attached hydrogen (secondary N) is 1. The van der Waals surface area contributed by atoms with Crippen LogP contribution in [0.15, 0.2) is 34.2 Å². The van der Waals surface area contributed by atoms with Crippen molar-refractivity contribution in [2.24, 2.45) is 4.99 Å². The predicted molar refractivity (Wildman–Crippen MR) is 117 cm³/mol. The van der Waals surface area contributed by atoms with Gasteiger partial charge < -0.3 is 10.2 Å². The molecule has 3 rings (SSSR count). The maximum Gasteiger partial charge on any atom is 0.243 e. The number of benzene rings is 1. The zero-order chi connectivity index (χ0) is 20.0. The Labute approximate surface area is 173 Å². The van der Waals surface area contributed by atoms with E-state index >= 15 is 0 Å². The summed E-state index contributed by atoms with van der Waals surface area (Å²) >= 11 is 2.02. The molecule has 2 aliphatic heterocycles. The summed E-state index contributed by atoms with van der Waals surface area (Å²) in [4.78, 5) is 7.14. The topological polar surface area (TPSA) is 65.0 Å². The first-order valence-corrected chi connectivity index (χ1v) is 12.7. The summed E-state index contributed by atoms with van der Waals surface area (Å²) in [7, 11) is -1.66. The second kappa shape index (κ2) is 9.98. The third-order valence-electron chi connectivity index (χ3n) is 5.45. The highest BCUT2D eigenvalue weighted by Gasteiger charge is 2.28. The van der Waals surface area contributed by atoms with E-state index in [0.717, 1.165) is 56.0 Å². The Morgan fingerprint density at radius 2 is 1.96 bits per heavy atom. The molecule has 8 heteroatoms. The van der Waals surface area contributed by atoms with Gasteiger partial charge in [0.05, 0.1) is 4.90 Å². The standard InChI is InChI=1S/C20H32N4O2S2/c1-3-18-16-23(13-14-27-18)20(21-2)22-15-17-9-5-6-10-19(17)28(25,26)24-11-7-4-8-12-24/h5-6,9-10,18H,3-4,7-8,11-16H2,1-2H3,(H,21,22). The van der Waals surface area contributed by atoms with Gasteiger partial charge in [-0.25, -0.2) is 8.42 Å². The second-order valence-electron chi connectivity index (χ2n) is 7.32. The normalized spacial score (nSPS) is 22.3. The zero-order valence-electron chi connectivity index (χ0n) is 16.9. The SMILES string of the molecule is CCC1CN(C(=NC)NCc2ccccc2S(=O)(=O)N2CCCCC2)CCS1. The zero-order valence-corrected chi connectivity index (χ0v) is 18.6. The van der Waals surface area contributed by atoms with Gasteiger partial charge in [-0.3, -0.25) is 4.99 Å². The average molecular weight is 425 g/mol. The average Bonchev–Trinajstić information content (AvgIpc) is 2.75. The van der Waals surface area contributed by atoms with E-state index in [0.29, 0.717) is 29.8 Å². The Morgan fingerprint density at radius 1 is 1.21 bits per heavy atom. The number of guanidine groups is 1. The first-order valence-electron chi connectivity index (χ1n) is 10.2. The minimum absolute atomic E-state index is 0.417. The monoisotopic (exact) mass is 424 g/mol. The Kier molecular flexibility index (Phi) is 7.65. The van der Waals surface area contributed by atoms with Gasteiger partial charge in [0.1, 0.15) is 0 Å². The lowest BCUT2D eigenvalue weighted by Gasteiger charge is -2.34. The molecule has 2 aliphatic rings. The van der Waals surface area contributed by atoms with E-state index in [2.05, 4.69) is 22.1 Å². The molecule has 0 amide bonds. The van der Waals surface area contributed by atoms with Crippen molar-refractivity contribution in [1.82, 2.24) is 14.5 Å². The Morgan fingerprint density at radius 3 is 2.68 bits per heavy atom. The molecule has 156 valence electrons. The molecule has 1 N–H and O–H groups in total. The van der Waals surface area contributed by atoms with Crippen molar-refractivity contribution in [3.05, 3.63) is 29.8 Å². The van der Waals surface area contributed by atoms with E-state index in [9.17, 15) is 8.42 Å². The maximum atomic E-state index is 13.2. The van der Waals surface area contributed by atoms with E-state index in [-0.39, 0.29) is 0 Å². The first kappa shape index (κ1) is 21.5. The molecule has 2 saturated heterocycles. The van der Waals surface area contributed by atoms with Crippen molar-refractivity contribution >= 4 is 27.7 Å². The maximum absolute atomic E-state index is 13.2. The van der Waals surface area contributed by atoms with Crippen molar-refractivity contribution in [3.8, 4) is 0 Å². The van der Waals surface area contributed by atoms with Gasteiger partial charge in [-0.05, 0) is 30.9 Å². The fourth-order valence-electron chi connectivity index (χ4n) is 3.81. The molecule has 0 saturated carbocycles. The Hall–Kier alpha value is -1.25. The molecule has 1 unspecified atom stereocenters. The van der Waals surface area contributed by atoms with Crippen LogP contribution in [-0.2, 0) is 16.6 Å². The number of rotatable bonds is 5. The van der Waals surface area contributed by atoms with Crippen molar-refractivity contribution < 1.29 is 8.42 Å². The lowest BCUT2D eigenvalue weighted by Crippen LogP contribution is -2.47. The van der Waals surface area contributed by atoms with Gasteiger partial charge in [0.25, 0.3) is 0 Å². The molecule has 0 bridgehead atoms. The van der Waals surface area contributed by atoms with Crippen LogP contribution in [0.4, 0.5) is 0 Å². The summed E-state index contributed by atoms with van der Waals surface area (Å²) in [6, 6.07) is 7.34. The van der Waals surface area contributed by atoms with E-state index in [1.807, 2.05) is 30.0 Å². The molecule has 2 fully saturated rings. The molecular weight excluding hydrogens is 392 g/mol. The molecular formula is C20H32N4O2S2. The smallest absolute Gasteiger partial charge is 0.243 e. The van der Waals surface area contributed by atoms with Crippen LogP contribution in [0.25, 0.3) is 0 Å². The summed E-state index contributed by atoms with van der Waals surface area (Å²) in [6.45, 7) is 5.86. The minimum Gasteiger partial charge on any atom is -0.352 e. The first-order chi connectivity index (χ1) is 13.6. The van der Waals surface area contributed by atoms with Gasteiger partial charge in [-0.1, -0.05) is 31.5 Å². The quantitative estimate of drug-likeness (QED) is 0.582. The number of hydrogen-bond donors (Lipinski definition) is 1. The van der Waals surface area contributed by atoms with Gasteiger partial charge in [0.15, 0.2) is 5.96 Å². The lowest BCUT2D eigenvalue weighted by atomic mass is 10.2. The predicted octanol–water partition coefficient (Wildman–Crippen LogP) is 2.76. The van der Waals surface area contributed by atoms with Crippen LogP contribution in [0, 0.1) is 0 Å². The number of thioether (sulfide) groups is 1. The number of piperidine rings is 1. The highest BCUT2D eigenvalue weighted by Crippen LogP contribution is 2.24. The summed E-state index contributed by atoms with van der Waals surface area (Å²) in [6.07, 6.45) is 4.14. The summed E-state index contributed by atoms with van der Waals surface area (Å²) in [5, 5.41) is 4.02. The van der Waals surface area contributed by atoms with Gasteiger partial charge in [-0.15, -0.1) is 0 Å². The summed E-state index contributed by atoms with van der Waals surface area (Å²) in [5.74, 6) is 1.95. The van der Waals surface area contributed by atoms with Crippen LogP contribution >= 0.6 is 11.8 Å². The van der Waals surface area contributed by atoms with E-state index in [1.165, 1.54) is 0 Å². The summed E-state index contributed by atoms with van der Waals surface area (Å²) < 4.78 is 28.0.